The summed E-state index contributed by atoms with van der Waals surface area (Å²) in [5.41, 5.74) is 6.32. The number of nitrogens with zero attached hydrogens (tertiary/aromatic N) is 3. The van der Waals surface area contributed by atoms with Crippen LogP contribution in [0.5, 0.6) is 0 Å². The van der Waals surface area contributed by atoms with Gasteiger partial charge in [-0.25, -0.2) is 0 Å². The molecule has 5 rings (SSSR count). The molecule has 1 aliphatic heterocycles. The molecule has 1 fully saturated rings. The quantitative estimate of drug-likeness (QED) is 0.541. The fourth-order valence-electron chi connectivity index (χ4n) is 5.01. The Morgan fingerprint density at radius 2 is 1.94 bits per heavy atom. The fraction of sp³-hybridized carbons (Fsp3) is 0.385. The second-order valence-electron chi connectivity index (χ2n) is 8.92. The van der Waals surface area contributed by atoms with Crippen molar-refractivity contribution in [1.29, 1.82) is 0 Å². The summed E-state index contributed by atoms with van der Waals surface area (Å²) in [7, 11) is 0. The van der Waals surface area contributed by atoms with Crippen LogP contribution in [0.15, 0.2) is 42.5 Å². The number of anilines is 1. The van der Waals surface area contributed by atoms with E-state index < -0.39 is 0 Å². The molecule has 1 aliphatic carbocycles. The van der Waals surface area contributed by atoms with Gasteiger partial charge < -0.3 is 9.80 Å². The number of amides is 1. The number of hydrogen-bond acceptors (Lipinski definition) is 3. The monoisotopic (exact) mass is 433 g/mol. The molecule has 5 heteroatoms. The van der Waals surface area contributed by atoms with Gasteiger partial charge in [0, 0.05) is 48.0 Å². The highest BCUT2D eigenvalue weighted by Crippen LogP contribution is 2.33. The van der Waals surface area contributed by atoms with Crippen molar-refractivity contribution in [2.24, 2.45) is 0 Å². The smallest absolute Gasteiger partial charge is 0.254 e. The van der Waals surface area contributed by atoms with E-state index in [1.165, 1.54) is 23.2 Å². The Morgan fingerprint density at radius 3 is 2.74 bits per heavy atom. The lowest BCUT2D eigenvalue weighted by atomic mass is 9.94. The molecule has 4 nitrogen and oxygen atoms in total. The average Bonchev–Trinajstić information content (AvgIpc) is 2.78. The van der Waals surface area contributed by atoms with Crippen LogP contribution in [0.1, 0.15) is 46.9 Å². The number of aryl methyl sites for hydroxylation is 2. The second kappa shape index (κ2) is 8.16. The Kier molecular flexibility index (Phi) is 5.35. The summed E-state index contributed by atoms with van der Waals surface area (Å²) in [5.74, 6) is 0.0771. The van der Waals surface area contributed by atoms with Crippen LogP contribution >= 0.6 is 11.6 Å². The molecule has 1 aromatic heterocycles. The van der Waals surface area contributed by atoms with Crippen molar-refractivity contribution in [3.63, 3.8) is 0 Å². The first-order valence-electron chi connectivity index (χ1n) is 11.2. The van der Waals surface area contributed by atoms with E-state index >= 15 is 0 Å². The minimum Gasteiger partial charge on any atom is -0.365 e. The first-order valence-corrected chi connectivity index (χ1v) is 11.6. The number of carbonyl (C=O) groups excluding carboxylic acids is 1. The molecule has 3 aromatic rings. The molecule has 1 saturated heterocycles. The van der Waals surface area contributed by atoms with Crippen molar-refractivity contribution >= 4 is 34.1 Å². The Balaban J connectivity index is 1.38. The third-order valence-corrected chi connectivity index (χ3v) is 7.12. The van der Waals surface area contributed by atoms with Crippen molar-refractivity contribution in [3.05, 3.63) is 69.9 Å². The number of hydrogen-bond donors (Lipinski definition) is 0. The molecule has 0 radical (unpaired) electrons. The van der Waals surface area contributed by atoms with Gasteiger partial charge in [0.1, 0.15) is 0 Å². The van der Waals surface area contributed by atoms with Gasteiger partial charge in [-0.15, -0.1) is 0 Å². The third-order valence-electron chi connectivity index (χ3n) is 6.69. The average molecular weight is 434 g/mol. The van der Waals surface area contributed by atoms with Crippen molar-refractivity contribution in [2.75, 3.05) is 24.5 Å². The molecular formula is C26H28ClN3O. The van der Waals surface area contributed by atoms with E-state index in [4.69, 9.17) is 16.6 Å². The molecular weight excluding hydrogens is 406 g/mol. The fourth-order valence-corrected chi connectivity index (χ4v) is 5.38. The second-order valence-corrected chi connectivity index (χ2v) is 9.30. The lowest BCUT2D eigenvalue weighted by Crippen LogP contribution is -2.53. The van der Waals surface area contributed by atoms with E-state index in [2.05, 4.69) is 43.0 Å². The number of fused-ring (bicyclic) bond motifs is 2. The summed E-state index contributed by atoms with van der Waals surface area (Å²) in [4.78, 5) is 22.5. The van der Waals surface area contributed by atoms with Crippen molar-refractivity contribution < 1.29 is 4.79 Å². The van der Waals surface area contributed by atoms with Crippen LogP contribution in [0.3, 0.4) is 0 Å². The number of rotatable bonds is 2. The van der Waals surface area contributed by atoms with E-state index in [9.17, 15) is 4.79 Å². The van der Waals surface area contributed by atoms with Crippen molar-refractivity contribution in [2.45, 2.75) is 45.6 Å². The van der Waals surface area contributed by atoms with Gasteiger partial charge in [-0.05, 0) is 74.9 Å². The third kappa shape index (κ3) is 3.78. The van der Waals surface area contributed by atoms with Gasteiger partial charge >= 0.3 is 0 Å². The SMILES string of the molecule is Cc1cccc(N2CCN(C(=O)c3ccc4c(Cl)c5c(nc4c3)CCCC5)C[C@@H]2C)c1. The Morgan fingerprint density at radius 1 is 1.10 bits per heavy atom. The summed E-state index contributed by atoms with van der Waals surface area (Å²) in [6.45, 7) is 6.57. The summed E-state index contributed by atoms with van der Waals surface area (Å²) >= 11 is 6.70. The first kappa shape index (κ1) is 20.3. The van der Waals surface area contributed by atoms with Crippen molar-refractivity contribution in [3.8, 4) is 0 Å². The van der Waals surface area contributed by atoms with E-state index in [0.29, 0.717) is 18.7 Å². The van der Waals surface area contributed by atoms with Gasteiger partial charge in [-0.1, -0.05) is 29.8 Å². The summed E-state index contributed by atoms with van der Waals surface area (Å²) < 4.78 is 0. The minimum atomic E-state index is 0.0771. The summed E-state index contributed by atoms with van der Waals surface area (Å²) in [5, 5.41) is 1.77. The maximum Gasteiger partial charge on any atom is 0.254 e. The lowest BCUT2D eigenvalue weighted by molar-refractivity contribution is 0.0726. The Bertz CT molecular complexity index is 1160. The Labute approximate surface area is 188 Å². The number of halogens is 1. The summed E-state index contributed by atoms with van der Waals surface area (Å²) in [6, 6.07) is 14.7. The predicted octanol–water partition coefficient (Wildman–Crippen LogP) is 5.43. The van der Waals surface area contributed by atoms with Gasteiger partial charge in [0.25, 0.3) is 5.91 Å². The van der Waals surface area contributed by atoms with E-state index in [1.54, 1.807) is 0 Å². The number of aromatic nitrogens is 1. The maximum atomic E-state index is 13.3. The van der Waals surface area contributed by atoms with E-state index in [1.807, 2.05) is 23.1 Å². The molecule has 31 heavy (non-hydrogen) atoms. The highest BCUT2D eigenvalue weighted by atomic mass is 35.5. The number of benzene rings is 2. The molecule has 0 saturated carbocycles. The summed E-state index contributed by atoms with van der Waals surface area (Å²) in [6.07, 6.45) is 4.30. The zero-order valence-electron chi connectivity index (χ0n) is 18.2. The number of carbonyl (C=O) groups is 1. The molecule has 2 aromatic carbocycles. The highest BCUT2D eigenvalue weighted by molar-refractivity contribution is 6.36. The molecule has 0 bridgehead atoms. The normalized spacial score (nSPS) is 18.9. The topological polar surface area (TPSA) is 36.4 Å². The van der Waals surface area contributed by atoms with Crippen LogP contribution in [0, 0.1) is 6.92 Å². The molecule has 2 heterocycles. The first-order chi connectivity index (χ1) is 15.0. The van der Waals surface area contributed by atoms with Crippen LogP contribution in [0.2, 0.25) is 5.02 Å². The standard InChI is InChI=1S/C26H28ClN3O/c1-17-6-5-7-20(14-17)30-13-12-29(16-18(30)2)26(31)19-10-11-22-24(15-19)28-23-9-4-3-8-21(23)25(22)27/h5-7,10-11,14-15,18H,3-4,8-9,12-13,16H2,1-2H3/t18-/m0/s1. The predicted molar refractivity (Wildman–Crippen MR) is 127 cm³/mol. The van der Waals surface area contributed by atoms with E-state index in [0.717, 1.165) is 47.4 Å². The van der Waals surface area contributed by atoms with Gasteiger partial charge in [0.2, 0.25) is 0 Å². The molecule has 0 unspecified atom stereocenters. The zero-order chi connectivity index (χ0) is 21.5. The van der Waals surface area contributed by atoms with Crippen LogP contribution in [0.25, 0.3) is 10.9 Å². The van der Waals surface area contributed by atoms with Crippen LogP contribution in [-0.2, 0) is 12.8 Å². The highest BCUT2D eigenvalue weighted by Gasteiger charge is 2.28. The van der Waals surface area contributed by atoms with E-state index in [-0.39, 0.29) is 11.9 Å². The van der Waals surface area contributed by atoms with Crippen LogP contribution < -0.4 is 4.90 Å². The van der Waals surface area contributed by atoms with Crippen LogP contribution in [-0.4, -0.2) is 41.5 Å². The van der Waals surface area contributed by atoms with Gasteiger partial charge in [0.05, 0.1) is 10.5 Å². The largest absolute Gasteiger partial charge is 0.365 e. The lowest BCUT2D eigenvalue weighted by Gasteiger charge is -2.41. The van der Waals surface area contributed by atoms with Gasteiger partial charge in [0.15, 0.2) is 0 Å². The molecule has 0 N–H and O–H groups in total. The molecule has 1 atom stereocenters. The van der Waals surface area contributed by atoms with Gasteiger partial charge in [-0.2, -0.15) is 0 Å². The molecule has 0 spiro atoms. The van der Waals surface area contributed by atoms with Crippen molar-refractivity contribution in [1.82, 2.24) is 9.88 Å². The van der Waals surface area contributed by atoms with Gasteiger partial charge in [-0.3, -0.25) is 9.78 Å². The number of piperazine rings is 1. The minimum absolute atomic E-state index is 0.0771. The molecule has 1 amide bonds. The Hall–Kier alpha value is -2.59. The molecule has 160 valence electrons. The number of pyridine rings is 1. The maximum absolute atomic E-state index is 13.3. The molecule has 2 aliphatic rings. The van der Waals surface area contributed by atoms with Crippen LogP contribution in [0.4, 0.5) is 5.69 Å². The zero-order valence-corrected chi connectivity index (χ0v) is 19.0.